The van der Waals surface area contributed by atoms with Gasteiger partial charge in [0.05, 0.1) is 6.21 Å². The predicted molar refractivity (Wildman–Crippen MR) is 21.7 cm³/mol. The highest BCUT2D eigenvalue weighted by atomic mass is 17.2. The molecule has 0 aromatic heterocycles. The van der Waals surface area contributed by atoms with E-state index in [4.69, 9.17) is 10.7 Å². The third-order valence-corrected chi connectivity index (χ3v) is 0.371. The third kappa shape index (κ3) is 3.34. The van der Waals surface area contributed by atoms with E-state index >= 15 is 0 Å². The van der Waals surface area contributed by atoms with Crippen LogP contribution in [0.4, 0.5) is 0 Å². The molecule has 0 aliphatic carbocycles. The highest BCUT2D eigenvalue weighted by Gasteiger charge is 1.86. The van der Waals surface area contributed by atoms with Gasteiger partial charge in [0, 0.05) is 0 Å². The standard InChI is InChI=1S/C2H6N2O3/c3-1-2-4(5)7-6/h1,3-4,6H,2H2. The minimum Gasteiger partial charge on any atom is -0.597 e. The first kappa shape index (κ1) is 6.51. The van der Waals surface area contributed by atoms with E-state index in [-0.39, 0.29) is 6.54 Å². The van der Waals surface area contributed by atoms with Crippen molar-refractivity contribution in [2.24, 2.45) is 0 Å². The van der Waals surface area contributed by atoms with Crippen molar-refractivity contribution in [3.05, 3.63) is 5.21 Å². The minimum absolute atomic E-state index is 0.170. The molecule has 0 heterocycles. The second-order valence-corrected chi connectivity index (χ2v) is 0.872. The molecule has 0 aliphatic heterocycles. The van der Waals surface area contributed by atoms with Crippen LogP contribution in [0.3, 0.4) is 0 Å². The van der Waals surface area contributed by atoms with E-state index < -0.39 is 5.23 Å². The van der Waals surface area contributed by atoms with Crippen LogP contribution in [-0.2, 0) is 4.99 Å². The molecule has 0 radical (unpaired) electrons. The van der Waals surface area contributed by atoms with Crippen molar-refractivity contribution >= 4 is 6.21 Å². The van der Waals surface area contributed by atoms with Gasteiger partial charge in [0.25, 0.3) is 0 Å². The van der Waals surface area contributed by atoms with E-state index in [9.17, 15) is 5.21 Å². The zero-order valence-corrected chi connectivity index (χ0v) is 3.55. The molecule has 0 aromatic carbocycles. The van der Waals surface area contributed by atoms with Crippen molar-refractivity contribution in [2.45, 2.75) is 0 Å². The molecule has 0 bridgehead atoms. The lowest BCUT2D eigenvalue weighted by Crippen LogP contribution is -3.06. The minimum atomic E-state index is -0.810. The van der Waals surface area contributed by atoms with E-state index in [1.54, 1.807) is 0 Å². The fraction of sp³-hybridized carbons (Fsp3) is 0.500. The van der Waals surface area contributed by atoms with E-state index in [1.165, 1.54) is 0 Å². The van der Waals surface area contributed by atoms with Crippen LogP contribution in [0.1, 0.15) is 0 Å². The molecule has 1 atom stereocenters. The molecule has 5 nitrogen and oxygen atoms in total. The topological polar surface area (TPSA) is 80.8 Å². The molecule has 0 amide bonds. The molecular weight excluding hydrogens is 100 g/mol. The Balaban J connectivity index is 2.98. The lowest BCUT2D eigenvalue weighted by molar-refractivity contribution is -1.10. The van der Waals surface area contributed by atoms with Gasteiger partial charge in [-0.1, -0.05) is 0 Å². The normalized spacial score (nSPS) is 13.4. The van der Waals surface area contributed by atoms with Gasteiger partial charge in [-0.15, -0.1) is 0 Å². The molecule has 0 aliphatic rings. The molecule has 0 aromatic rings. The van der Waals surface area contributed by atoms with Crippen molar-refractivity contribution in [3.63, 3.8) is 0 Å². The van der Waals surface area contributed by atoms with Crippen LogP contribution in [-0.4, -0.2) is 18.0 Å². The summed E-state index contributed by atoms with van der Waals surface area (Å²) in [5.41, 5.74) is 0. The van der Waals surface area contributed by atoms with Gasteiger partial charge < -0.3 is 10.6 Å². The Hall–Kier alpha value is -0.490. The van der Waals surface area contributed by atoms with Crippen LogP contribution >= 0.6 is 0 Å². The Kier molecular flexibility index (Phi) is 3.43. The Morgan fingerprint density at radius 2 is 2.57 bits per heavy atom. The molecule has 0 saturated heterocycles. The van der Waals surface area contributed by atoms with Crippen LogP contribution < -0.4 is 5.23 Å². The predicted octanol–water partition coefficient (Wildman–Crippen LogP) is -1.58. The summed E-state index contributed by atoms with van der Waals surface area (Å²) in [4.78, 5) is 3.20. The van der Waals surface area contributed by atoms with Crippen molar-refractivity contribution < 1.29 is 15.5 Å². The van der Waals surface area contributed by atoms with E-state index in [1.807, 2.05) is 0 Å². The van der Waals surface area contributed by atoms with Gasteiger partial charge in [-0.05, 0) is 4.99 Å². The highest BCUT2D eigenvalue weighted by molar-refractivity contribution is 5.53. The number of nitrogens with one attached hydrogen (secondary N) is 2. The summed E-state index contributed by atoms with van der Waals surface area (Å²) in [6.07, 6.45) is 0.846. The van der Waals surface area contributed by atoms with Gasteiger partial charge in [-0.2, -0.15) is 5.23 Å². The van der Waals surface area contributed by atoms with Crippen molar-refractivity contribution in [3.8, 4) is 0 Å². The zero-order valence-electron chi connectivity index (χ0n) is 3.55. The second kappa shape index (κ2) is 3.69. The summed E-state index contributed by atoms with van der Waals surface area (Å²) in [6, 6.07) is 0. The van der Waals surface area contributed by atoms with Crippen molar-refractivity contribution in [1.29, 1.82) is 5.41 Å². The molecule has 42 valence electrons. The molecule has 0 fully saturated rings. The Morgan fingerprint density at radius 3 is 2.71 bits per heavy atom. The smallest absolute Gasteiger partial charge is 0.144 e. The maximum Gasteiger partial charge on any atom is 0.144 e. The van der Waals surface area contributed by atoms with Crippen LogP contribution in [0, 0.1) is 10.6 Å². The summed E-state index contributed by atoms with van der Waals surface area (Å²) < 4.78 is 0. The van der Waals surface area contributed by atoms with Crippen LogP contribution in [0.15, 0.2) is 0 Å². The molecule has 0 rings (SSSR count). The lowest BCUT2D eigenvalue weighted by Gasteiger charge is -2.09. The zero-order chi connectivity index (χ0) is 5.70. The first-order valence-electron chi connectivity index (χ1n) is 1.64. The summed E-state index contributed by atoms with van der Waals surface area (Å²) in [6.45, 7) is -0.170. The van der Waals surface area contributed by atoms with E-state index in [0.717, 1.165) is 6.21 Å². The van der Waals surface area contributed by atoms with Gasteiger partial charge in [-0.3, -0.25) is 0 Å². The van der Waals surface area contributed by atoms with Crippen LogP contribution in [0.2, 0.25) is 0 Å². The maximum atomic E-state index is 9.79. The van der Waals surface area contributed by atoms with Gasteiger partial charge >= 0.3 is 0 Å². The number of hydroxylamine groups is 2. The summed E-state index contributed by atoms with van der Waals surface area (Å²) in [7, 11) is 0. The molecule has 7 heavy (non-hydrogen) atoms. The first-order chi connectivity index (χ1) is 3.31. The third-order valence-electron chi connectivity index (χ3n) is 0.371. The van der Waals surface area contributed by atoms with E-state index in [0.29, 0.717) is 0 Å². The summed E-state index contributed by atoms with van der Waals surface area (Å²) in [5, 5.41) is 22.8. The molecular formula is C2H6N2O3. The average Bonchev–Trinajstić information content (AvgIpc) is 1.68. The monoisotopic (exact) mass is 106 g/mol. The van der Waals surface area contributed by atoms with Crippen LogP contribution in [0.5, 0.6) is 0 Å². The lowest BCUT2D eigenvalue weighted by atomic mass is 10.8. The van der Waals surface area contributed by atoms with E-state index in [2.05, 4.69) is 4.99 Å². The Labute approximate surface area is 40.1 Å². The highest BCUT2D eigenvalue weighted by Crippen LogP contribution is 1.36. The van der Waals surface area contributed by atoms with Crippen molar-refractivity contribution in [2.75, 3.05) is 6.54 Å². The Bertz CT molecular complexity index is 56.9. The molecule has 0 saturated carbocycles. The van der Waals surface area contributed by atoms with Gasteiger partial charge in [0.15, 0.2) is 0 Å². The summed E-state index contributed by atoms with van der Waals surface area (Å²) in [5.74, 6) is 0. The molecule has 3 N–H and O–H groups in total. The fourth-order valence-corrected chi connectivity index (χ4v) is 0.121. The maximum absolute atomic E-state index is 9.79. The van der Waals surface area contributed by atoms with Crippen molar-refractivity contribution in [1.82, 2.24) is 0 Å². The summed E-state index contributed by atoms with van der Waals surface area (Å²) >= 11 is 0. The molecule has 1 unspecified atom stereocenters. The van der Waals surface area contributed by atoms with Crippen LogP contribution in [0.25, 0.3) is 0 Å². The SMILES string of the molecule is N=CC[NH+]([O-])OO. The molecule has 0 spiro atoms. The number of quaternary nitrogens is 1. The number of hydrogen-bond donors (Lipinski definition) is 3. The van der Waals surface area contributed by atoms with Gasteiger partial charge in [0.2, 0.25) is 0 Å². The van der Waals surface area contributed by atoms with Gasteiger partial charge in [0.1, 0.15) is 6.54 Å². The fourth-order valence-electron chi connectivity index (χ4n) is 0.121. The quantitative estimate of drug-likeness (QED) is 0.231. The number of rotatable bonds is 3. The average molecular weight is 106 g/mol. The second-order valence-electron chi connectivity index (χ2n) is 0.872. The van der Waals surface area contributed by atoms with Gasteiger partial charge in [-0.25, -0.2) is 5.26 Å². The largest absolute Gasteiger partial charge is 0.597 e. The first-order valence-corrected chi connectivity index (χ1v) is 1.64. The molecule has 5 heteroatoms. The Morgan fingerprint density at radius 1 is 2.00 bits per heavy atom. The number of hydrogen-bond acceptors (Lipinski definition) is 4.